The van der Waals surface area contributed by atoms with Gasteiger partial charge in [-0.15, -0.1) is 11.6 Å². The van der Waals surface area contributed by atoms with E-state index in [0.717, 1.165) is 25.1 Å². The Morgan fingerprint density at radius 1 is 1.44 bits per heavy atom. The molecule has 1 atom stereocenters. The Morgan fingerprint density at radius 2 is 2.17 bits per heavy atom. The monoisotopic (exact) mass is 267 g/mol. The summed E-state index contributed by atoms with van der Waals surface area (Å²) in [6.07, 6.45) is 1.98. The summed E-state index contributed by atoms with van der Waals surface area (Å²) in [6.45, 7) is 4.02. The number of hydrogen-bond donors (Lipinski definition) is 0. The number of piperidine rings is 1. The quantitative estimate of drug-likeness (QED) is 0.788. The van der Waals surface area contributed by atoms with Crippen LogP contribution in [0.5, 0.6) is 5.75 Å². The molecule has 0 N–H and O–H groups in total. The average molecular weight is 268 g/mol. The van der Waals surface area contributed by atoms with Crippen LogP contribution in [0.3, 0.4) is 0 Å². The van der Waals surface area contributed by atoms with Gasteiger partial charge in [0.15, 0.2) is 0 Å². The van der Waals surface area contributed by atoms with Crippen molar-refractivity contribution >= 4 is 17.5 Å². The smallest absolute Gasteiger partial charge is 0.253 e. The highest BCUT2D eigenvalue weighted by atomic mass is 35.5. The van der Waals surface area contributed by atoms with E-state index in [-0.39, 0.29) is 11.3 Å². The van der Waals surface area contributed by atoms with Gasteiger partial charge in [0.25, 0.3) is 5.91 Å². The van der Waals surface area contributed by atoms with E-state index in [1.54, 1.807) is 0 Å². The molecule has 3 nitrogen and oxygen atoms in total. The number of carbonyl (C=O) groups excluding carboxylic acids is 1. The standard InChI is InChI=1S/C14H18ClNO2/c1-2-18-13-7-5-11(6-8-13)14(17)16-9-3-4-12(15)10-16/h5-8,12H,2-4,9-10H2,1H3. The molecule has 1 aliphatic rings. The Bertz CT molecular complexity index is 405. The number of alkyl halides is 1. The fourth-order valence-corrected chi connectivity index (χ4v) is 2.47. The Balaban J connectivity index is 2.03. The van der Waals surface area contributed by atoms with Crippen molar-refractivity contribution in [1.82, 2.24) is 4.90 Å². The maximum Gasteiger partial charge on any atom is 0.253 e. The number of hydrogen-bond acceptors (Lipinski definition) is 2. The molecule has 1 fully saturated rings. The van der Waals surface area contributed by atoms with Crippen molar-refractivity contribution in [2.75, 3.05) is 19.7 Å². The minimum Gasteiger partial charge on any atom is -0.494 e. The molecule has 1 unspecified atom stereocenters. The minimum absolute atomic E-state index is 0.0587. The number of carbonyl (C=O) groups is 1. The van der Waals surface area contributed by atoms with Gasteiger partial charge >= 0.3 is 0 Å². The molecule has 4 heteroatoms. The summed E-state index contributed by atoms with van der Waals surface area (Å²) in [5.41, 5.74) is 0.698. The first-order valence-corrected chi connectivity index (χ1v) is 6.80. The van der Waals surface area contributed by atoms with Crippen molar-refractivity contribution < 1.29 is 9.53 Å². The zero-order chi connectivity index (χ0) is 13.0. The molecule has 0 bridgehead atoms. The maximum absolute atomic E-state index is 12.2. The SMILES string of the molecule is CCOc1ccc(C(=O)N2CCCC(Cl)C2)cc1. The molecule has 1 heterocycles. The average Bonchev–Trinajstić information content (AvgIpc) is 2.39. The summed E-state index contributed by atoms with van der Waals surface area (Å²) in [6, 6.07) is 7.29. The molecule has 1 aromatic rings. The van der Waals surface area contributed by atoms with Gasteiger partial charge in [-0.3, -0.25) is 4.79 Å². The molecule has 0 saturated carbocycles. The highest BCUT2D eigenvalue weighted by Crippen LogP contribution is 2.19. The van der Waals surface area contributed by atoms with E-state index in [4.69, 9.17) is 16.3 Å². The molecular formula is C14H18ClNO2. The van der Waals surface area contributed by atoms with E-state index < -0.39 is 0 Å². The zero-order valence-corrected chi connectivity index (χ0v) is 11.3. The Labute approximate surface area is 113 Å². The van der Waals surface area contributed by atoms with Gasteiger partial charge in [-0.05, 0) is 44.0 Å². The van der Waals surface area contributed by atoms with Gasteiger partial charge in [0.1, 0.15) is 5.75 Å². The second kappa shape index (κ2) is 6.10. The number of ether oxygens (including phenoxy) is 1. The third-order valence-corrected chi connectivity index (χ3v) is 3.42. The van der Waals surface area contributed by atoms with Crippen LogP contribution in [0.25, 0.3) is 0 Å². The third-order valence-electron chi connectivity index (χ3n) is 3.06. The summed E-state index contributed by atoms with van der Waals surface area (Å²) < 4.78 is 5.36. The number of nitrogens with zero attached hydrogens (tertiary/aromatic N) is 1. The van der Waals surface area contributed by atoms with Gasteiger partial charge in [0.2, 0.25) is 0 Å². The van der Waals surface area contributed by atoms with Crippen LogP contribution >= 0.6 is 11.6 Å². The van der Waals surface area contributed by atoms with Crippen LogP contribution in [0.1, 0.15) is 30.1 Å². The fourth-order valence-electron chi connectivity index (χ4n) is 2.15. The number of amides is 1. The summed E-state index contributed by atoms with van der Waals surface area (Å²) in [5.74, 6) is 0.853. The van der Waals surface area contributed by atoms with Gasteiger partial charge in [0.05, 0.1) is 12.0 Å². The molecule has 0 aromatic heterocycles. The first-order valence-electron chi connectivity index (χ1n) is 6.37. The fraction of sp³-hybridized carbons (Fsp3) is 0.500. The van der Waals surface area contributed by atoms with Crippen LogP contribution in [0.2, 0.25) is 0 Å². The van der Waals surface area contributed by atoms with Crippen LogP contribution in [-0.4, -0.2) is 35.9 Å². The Kier molecular flexibility index (Phi) is 4.48. The number of benzene rings is 1. The minimum atomic E-state index is 0.0587. The molecule has 1 aliphatic heterocycles. The lowest BCUT2D eigenvalue weighted by Gasteiger charge is -2.29. The largest absolute Gasteiger partial charge is 0.494 e. The molecule has 98 valence electrons. The topological polar surface area (TPSA) is 29.5 Å². The normalized spacial score (nSPS) is 19.7. The number of likely N-dealkylation sites (tertiary alicyclic amines) is 1. The lowest BCUT2D eigenvalue weighted by molar-refractivity contribution is 0.0727. The van der Waals surface area contributed by atoms with Gasteiger partial charge in [-0.1, -0.05) is 0 Å². The maximum atomic E-state index is 12.2. The van der Waals surface area contributed by atoms with E-state index in [0.29, 0.717) is 18.7 Å². The first-order chi connectivity index (χ1) is 8.70. The van der Waals surface area contributed by atoms with E-state index in [9.17, 15) is 4.79 Å². The van der Waals surface area contributed by atoms with Crippen molar-refractivity contribution in [1.29, 1.82) is 0 Å². The van der Waals surface area contributed by atoms with Gasteiger partial charge in [0, 0.05) is 18.7 Å². The van der Waals surface area contributed by atoms with Gasteiger partial charge < -0.3 is 9.64 Å². The van der Waals surface area contributed by atoms with Crippen LogP contribution in [0, 0.1) is 0 Å². The van der Waals surface area contributed by atoms with Crippen molar-refractivity contribution in [3.05, 3.63) is 29.8 Å². The molecule has 1 amide bonds. The molecule has 0 aliphatic carbocycles. The molecule has 18 heavy (non-hydrogen) atoms. The predicted octanol–water partition coefficient (Wildman–Crippen LogP) is 2.93. The summed E-state index contributed by atoms with van der Waals surface area (Å²) in [7, 11) is 0. The molecule has 0 spiro atoms. The van der Waals surface area contributed by atoms with E-state index in [1.165, 1.54) is 0 Å². The second-order valence-corrected chi connectivity index (χ2v) is 5.07. The van der Waals surface area contributed by atoms with Crippen molar-refractivity contribution in [3.8, 4) is 5.75 Å². The molecule has 2 rings (SSSR count). The molecule has 1 aromatic carbocycles. The number of halogens is 1. The van der Waals surface area contributed by atoms with Crippen molar-refractivity contribution in [2.45, 2.75) is 25.1 Å². The van der Waals surface area contributed by atoms with E-state index in [2.05, 4.69) is 0 Å². The van der Waals surface area contributed by atoms with E-state index in [1.807, 2.05) is 36.1 Å². The van der Waals surface area contributed by atoms with Gasteiger partial charge in [-0.2, -0.15) is 0 Å². The van der Waals surface area contributed by atoms with Crippen molar-refractivity contribution in [2.24, 2.45) is 0 Å². The van der Waals surface area contributed by atoms with Gasteiger partial charge in [-0.25, -0.2) is 0 Å². The van der Waals surface area contributed by atoms with E-state index >= 15 is 0 Å². The number of rotatable bonds is 3. The highest BCUT2D eigenvalue weighted by molar-refractivity contribution is 6.21. The Hall–Kier alpha value is -1.22. The lowest BCUT2D eigenvalue weighted by Crippen LogP contribution is -2.40. The van der Waals surface area contributed by atoms with Crippen LogP contribution < -0.4 is 4.74 Å². The first kappa shape index (κ1) is 13.2. The molecular weight excluding hydrogens is 250 g/mol. The highest BCUT2D eigenvalue weighted by Gasteiger charge is 2.22. The second-order valence-electron chi connectivity index (χ2n) is 4.45. The Morgan fingerprint density at radius 3 is 2.78 bits per heavy atom. The summed E-state index contributed by atoms with van der Waals surface area (Å²) >= 11 is 6.10. The molecule has 0 radical (unpaired) electrons. The lowest BCUT2D eigenvalue weighted by atomic mass is 10.1. The van der Waals surface area contributed by atoms with Crippen molar-refractivity contribution in [3.63, 3.8) is 0 Å². The van der Waals surface area contributed by atoms with Crippen LogP contribution in [0.15, 0.2) is 24.3 Å². The van der Waals surface area contributed by atoms with Crippen LogP contribution in [-0.2, 0) is 0 Å². The summed E-state index contributed by atoms with van der Waals surface area (Å²) in [5, 5.41) is 0.0883. The molecule has 1 saturated heterocycles. The zero-order valence-electron chi connectivity index (χ0n) is 10.6. The summed E-state index contributed by atoms with van der Waals surface area (Å²) in [4.78, 5) is 14.1. The third kappa shape index (κ3) is 3.16. The predicted molar refractivity (Wildman–Crippen MR) is 72.4 cm³/mol. The van der Waals surface area contributed by atoms with Crippen LogP contribution in [0.4, 0.5) is 0 Å².